The maximum Gasteiger partial charge on any atom is 0.335 e. The van der Waals surface area contributed by atoms with Crippen LogP contribution in [0.1, 0.15) is 20.7 Å². The van der Waals surface area contributed by atoms with E-state index in [1.165, 1.54) is 18.2 Å². The summed E-state index contributed by atoms with van der Waals surface area (Å²) in [6.45, 7) is 0. The molecule has 0 aliphatic heterocycles. The number of carboxylic acid groups (broad SMARTS) is 1. The monoisotopic (exact) mass is 272 g/mol. The fourth-order valence-electron chi connectivity index (χ4n) is 1.70. The van der Waals surface area contributed by atoms with Crippen LogP contribution in [0.3, 0.4) is 0 Å². The summed E-state index contributed by atoms with van der Waals surface area (Å²) in [6.07, 6.45) is 3.46. The molecule has 102 valence electrons. The van der Waals surface area contributed by atoms with Crippen LogP contribution < -0.4 is 11.5 Å². The maximum absolute atomic E-state index is 11.8. The first kappa shape index (κ1) is 13.3. The second-order valence-corrected chi connectivity index (χ2v) is 4.01. The molecule has 0 saturated heterocycles. The summed E-state index contributed by atoms with van der Waals surface area (Å²) in [6, 6.07) is 7.76. The summed E-state index contributed by atoms with van der Waals surface area (Å²) in [5, 5.41) is 9.09. The molecule has 0 radical (unpaired) electrons. The van der Waals surface area contributed by atoms with Gasteiger partial charge in [0, 0.05) is 23.6 Å². The molecule has 0 atom stereocenters. The number of rotatable bonds is 3. The first-order chi connectivity index (χ1) is 9.47. The number of amides is 1. The van der Waals surface area contributed by atoms with E-state index in [0.717, 1.165) is 0 Å². The van der Waals surface area contributed by atoms with Crippen molar-refractivity contribution < 1.29 is 14.7 Å². The number of aromatic nitrogens is 1. The van der Waals surface area contributed by atoms with E-state index in [1.807, 2.05) is 0 Å². The predicted octanol–water partition coefficient (Wildman–Crippen LogP) is 0.589. The van der Waals surface area contributed by atoms with Crippen molar-refractivity contribution in [3.63, 3.8) is 0 Å². The average molecular weight is 272 g/mol. The summed E-state index contributed by atoms with van der Waals surface area (Å²) in [5.74, 6) is -2.21. The Morgan fingerprint density at radius 2 is 1.65 bits per heavy atom. The highest BCUT2D eigenvalue weighted by atomic mass is 16.4. The van der Waals surface area contributed by atoms with Gasteiger partial charge in [0.05, 0.1) is 5.56 Å². The Bertz CT molecular complexity index is 686. The minimum Gasteiger partial charge on any atom is -0.478 e. The van der Waals surface area contributed by atoms with Crippen molar-refractivity contribution in [3.8, 4) is 5.69 Å². The smallest absolute Gasteiger partial charge is 0.335 e. The van der Waals surface area contributed by atoms with Crippen molar-refractivity contribution in [2.45, 2.75) is 0 Å². The lowest BCUT2D eigenvalue weighted by Crippen LogP contribution is -2.24. The lowest BCUT2D eigenvalue weighted by Gasteiger charge is -2.07. The van der Waals surface area contributed by atoms with E-state index >= 15 is 0 Å². The Hall–Kier alpha value is -3.09. The Kier molecular flexibility index (Phi) is 3.52. The Labute approximate surface area is 114 Å². The third-order valence-corrected chi connectivity index (χ3v) is 2.54. The van der Waals surface area contributed by atoms with E-state index in [1.54, 1.807) is 29.1 Å². The molecule has 7 nitrogen and oxygen atoms in total. The van der Waals surface area contributed by atoms with Crippen LogP contribution in [-0.4, -0.2) is 27.5 Å². The van der Waals surface area contributed by atoms with Gasteiger partial charge in [-0.2, -0.15) is 4.99 Å². The largest absolute Gasteiger partial charge is 0.478 e. The second-order valence-electron chi connectivity index (χ2n) is 4.01. The van der Waals surface area contributed by atoms with Gasteiger partial charge in [0.2, 0.25) is 0 Å². The molecule has 0 fully saturated rings. The molecule has 1 aromatic heterocycles. The van der Waals surface area contributed by atoms with Gasteiger partial charge >= 0.3 is 5.97 Å². The van der Waals surface area contributed by atoms with E-state index in [0.29, 0.717) is 5.69 Å². The predicted molar refractivity (Wildman–Crippen MR) is 72.9 cm³/mol. The highest BCUT2D eigenvalue weighted by Crippen LogP contribution is 2.16. The molecule has 7 heteroatoms. The van der Waals surface area contributed by atoms with Crippen molar-refractivity contribution in [2.75, 3.05) is 0 Å². The van der Waals surface area contributed by atoms with Crippen LogP contribution >= 0.6 is 0 Å². The molecule has 0 unspecified atom stereocenters. The van der Waals surface area contributed by atoms with Crippen LogP contribution in [-0.2, 0) is 0 Å². The number of hydrogen-bond acceptors (Lipinski definition) is 2. The molecular weight excluding hydrogens is 260 g/mol. The van der Waals surface area contributed by atoms with Gasteiger partial charge in [-0.1, -0.05) is 0 Å². The number of carboxylic acids is 1. The summed E-state index contributed by atoms with van der Waals surface area (Å²) in [4.78, 5) is 26.3. The van der Waals surface area contributed by atoms with Crippen molar-refractivity contribution in [1.82, 2.24) is 4.57 Å². The molecule has 0 bridgehead atoms. The van der Waals surface area contributed by atoms with Gasteiger partial charge in [-0.15, -0.1) is 0 Å². The minimum atomic E-state index is -1.14. The molecule has 0 aliphatic rings. The van der Waals surface area contributed by atoms with Crippen molar-refractivity contribution in [1.29, 1.82) is 0 Å². The lowest BCUT2D eigenvalue weighted by atomic mass is 10.1. The van der Waals surface area contributed by atoms with Crippen LogP contribution in [0, 0.1) is 0 Å². The van der Waals surface area contributed by atoms with E-state index in [2.05, 4.69) is 4.99 Å². The SMILES string of the molecule is NC(N)=NC(=O)c1cc(C(=O)O)cc(-n2cccc2)c1. The zero-order valence-corrected chi connectivity index (χ0v) is 10.4. The molecule has 0 spiro atoms. The number of carbonyl (C=O) groups excluding carboxylic acids is 1. The molecule has 1 aromatic carbocycles. The highest BCUT2D eigenvalue weighted by molar-refractivity contribution is 6.03. The summed E-state index contributed by atoms with van der Waals surface area (Å²) in [7, 11) is 0. The topological polar surface area (TPSA) is 124 Å². The van der Waals surface area contributed by atoms with Crippen LogP contribution in [0.25, 0.3) is 5.69 Å². The third-order valence-electron chi connectivity index (χ3n) is 2.54. The van der Waals surface area contributed by atoms with Crippen molar-refractivity contribution >= 4 is 17.8 Å². The molecule has 1 heterocycles. The van der Waals surface area contributed by atoms with Gasteiger partial charge in [0.15, 0.2) is 5.96 Å². The highest BCUT2D eigenvalue weighted by Gasteiger charge is 2.12. The summed E-state index contributed by atoms with van der Waals surface area (Å²) in [5.41, 5.74) is 10.9. The minimum absolute atomic E-state index is 0.0228. The van der Waals surface area contributed by atoms with E-state index in [4.69, 9.17) is 16.6 Å². The first-order valence-corrected chi connectivity index (χ1v) is 5.63. The molecule has 0 saturated carbocycles. The molecule has 5 N–H and O–H groups in total. The van der Waals surface area contributed by atoms with E-state index in [-0.39, 0.29) is 17.1 Å². The molecular formula is C13H12N4O3. The van der Waals surface area contributed by atoms with Crippen LogP contribution in [0.15, 0.2) is 47.7 Å². The molecule has 2 rings (SSSR count). The third kappa shape index (κ3) is 2.83. The van der Waals surface area contributed by atoms with E-state index in [9.17, 15) is 9.59 Å². The zero-order valence-electron chi connectivity index (χ0n) is 10.4. The van der Waals surface area contributed by atoms with Gasteiger partial charge in [0.25, 0.3) is 5.91 Å². The molecule has 20 heavy (non-hydrogen) atoms. The fraction of sp³-hybridized carbons (Fsp3) is 0. The second kappa shape index (κ2) is 5.27. The molecule has 1 amide bonds. The van der Waals surface area contributed by atoms with Gasteiger partial charge in [-0.3, -0.25) is 4.79 Å². The summed E-state index contributed by atoms with van der Waals surface area (Å²) < 4.78 is 1.68. The Morgan fingerprint density at radius 1 is 1.05 bits per heavy atom. The Balaban J connectivity index is 2.55. The fourth-order valence-corrected chi connectivity index (χ4v) is 1.70. The quantitative estimate of drug-likeness (QED) is 0.557. The van der Waals surface area contributed by atoms with Gasteiger partial charge in [0.1, 0.15) is 0 Å². The lowest BCUT2D eigenvalue weighted by molar-refractivity contribution is 0.0697. The normalized spacial score (nSPS) is 10.0. The maximum atomic E-state index is 11.8. The number of carbonyl (C=O) groups is 2. The van der Waals surface area contributed by atoms with Gasteiger partial charge in [-0.05, 0) is 30.3 Å². The summed E-state index contributed by atoms with van der Waals surface area (Å²) >= 11 is 0. The number of guanidine groups is 1. The molecule has 2 aromatic rings. The number of nitrogens with two attached hydrogens (primary N) is 2. The number of nitrogens with zero attached hydrogens (tertiary/aromatic N) is 2. The van der Waals surface area contributed by atoms with Crippen LogP contribution in [0.4, 0.5) is 0 Å². The zero-order chi connectivity index (χ0) is 14.7. The number of aliphatic imine (C=N–C) groups is 1. The van der Waals surface area contributed by atoms with Crippen molar-refractivity contribution in [2.24, 2.45) is 16.5 Å². The van der Waals surface area contributed by atoms with Crippen LogP contribution in [0.5, 0.6) is 0 Å². The number of aromatic carboxylic acids is 1. The van der Waals surface area contributed by atoms with E-state index < -0.39 is 11.9 Å². The number of hydrogen-bond donors (Lipinski definition) is 3. The van der Waals surface area contributed by atoms with Gasteiger partial charge < -0.3 is 21.1 Å². The van der Waals surface area contributed by atoms with Crippen molar-refractivity contribution in [3.05, 3.63) is 53.9 Å². The van der Waals surface area contributed by atoms with Crippen LogP contribution in [0.2, 0.25) is 0 Å². The Morgan fingerprint density at radius 3 is 2.20 bits per heavy atom. The standard InChI is InChI=1S/C13H12N4O3/c14-13(15)16-11(18)8-5-9(12(19)20)7-10(6-8)17-3-1-2-4-17/h1-7H,(H,19,20)(H4,14,15,16,18). The first-order valence-electron chi connectivity index (χ1n) is 5.63. The average Bonchev–Trinajstić information content (AvgIpc) is 2.91. The molecule has 0 aliphatic carbocycles. The number of benzene rings is 1. The van der Waals surface area contributed by atoms with Gasteiger partial charge in [-0.25, -0.2) is 4.79 Å².